The molecule has 1 fully saturated rings. The van der Waals surface area contributed by atoms with Gasteiger partial charge in [0.25, 0.3) is 0 Å². The van der Waals surface area contributed by atoms with Gasteiger partial charge < -0.3 is 9.84 Å². The van der Waals surface area contributed by atoms with Gasteiger partial charge in [0.15, 0.2) is 0 Å². The Labute approximate surface area is 123 Å². The topological polar surface area (TPSA) is 58.6 Å². The fourth-order valence-corrected chi connectivity index (χ4v) is 3.39. The van der Waals surface area contributed by atoms with Crippen LogP contribution in [0.3, 0.4) is 0 Å². The van der Waals surface area contributed by atoms with Crippen LogP contribution in [0.25, 0.3) is 0 Å². The summed E-state index contributed by atoms with van der Waals surface area (Å²) in [4.78, 5) is 10.9. The molecule has 0 saturated carbocycles. The Hall–Kier alpha value is -1.20. The van der Waals surface area contributed by atoms with E-state index in [0.29, 0.717) is 18.3 Å². The number of hydrogen-bond acceptors (Lipinski definition) is 4. The number of carboxylic acids is 1. The Bertz CT molecular complexity index is 464. The minimum absolute atomic E-state index is 0.169. The van der Waals surface area contributed by atoms with Crippen molar-refractivity contribution in [3.05, 3.63) is 29.8 Å². The second-order valence-electron chi connectivity index (χ2n) is 5.21. The van der Waals surface area contributed by atoms with Gasteiger partial charge in [0.2, 0.25) is 0 Å². The van der Waals surface area contributed by atoms with Crippen molar-refractivity contribution < 1.29 is 14.6 Å². The Morgan fingerprint density at radius 1 is 1.50 bits per heavy atom. The molecule has 0 aliphatic carbocycles. The van der Waals surface area contributed by atoms with Crippen LogP contribution in [0.15, 0.2) is 24.3 Å². The van der Waals surface area contributed by atoms with Gasteiger partial charge >= 0.3 is 5.97 Å². The number of aliphatic carboxylic acids is 1. The molecular formula is C15H21NO3S. The quantitative estimate of drug-likeness (QED) is 0.845. The number of ether oxygens (including phenoxy) is 1. The smallest absolute Gasteiger partial charge is 0.321 e. The summed E-state index contributed by atoms with van der Waals surface area (Å²) in [6.07, 6.45) is 0.806. The van der Waals surface area contributed by atoms with Crippen molar-refractivity contribution >= 4 is 17.7 Å². The number of para-hydroxylation sites is 1. The molecular weight excluding hydrogens is 274 g/mol. The van der Waals surface area contributed by atoms with Crippen molar-refractivity contribution in [3.8, 4) is 5.75 Å². The van der Waals surface area contributed by atoms with Crippen molar-refractivity contribution in [1.29, 1.82) is 0 Å². The summed E-state index contributed by atoms with van der Waals surface area (Å²) in [5.74, 6) is 1.22. The standard InChI is InChI=1S/C15H21NO3S/c1-10(2)11-5-3-4-6-13(11)19-8-7-14-16-12(9-20-14)15(17)18/h3-6,10,12,14,16H,7-9H2,1-2H3,(H,17,18). The summed E-state index contributed by atoms with van der Waals surface area (Å²) < 4.78 is 5.86. The second kappa shape index (κ2) is 6.99. The fraction of sp³-hybridized carbons (Fsp3) is 0.533. The van der Waals surface area contributed by atoms with Gasteiger partial charge in [-0.3, -0.25) is 10.1 Å². The molecule has 1 aromatic rings. The van der Waals surface area contributed by atoms with Crippen molar-refractivity contribution in [2.45, 2.75) is 37.6 Å². The highest BCUT2D eigenvalue weighted by Gasteiger charge is 2.29. The van der Waals surface area contributed by atoms with Gasteiger partial charge in [-0.25, -0.2) is 0 Å². The summed E-state index contributed by atoms with van der Waals surface area (Å²) in [7, 11) is 0. The van der Waals surface area contributed by atoms with Gasteiger partial charge in [0.1, 0.15) is 11.8 Å². The monoisotopic (exact) mass is 295 g/mol. The van der Waals surface area contributed by atoms with Gasteiger partial charge in [-0.15, -0.1) is 11.8 Å². The first-order valence-electron chi connectivity index (χ1n) is 6.90. The first kappa shape index (κ1) is 15.2. The Balaban J connectivity index is 1.81. The number of hydrogen-bond donors (Lipinski definition) is 2. The van der Waals surface area contributed by atoms with Crippen molar-refractivity contribution in [2.75, 3.05) is 12.4 Å². The maximum absolute atomic E-state index is 10.9. The van der Waals surface area contributed by atoms with Crippen molar-refractivity contribution in [1.82, 2.24) is 5.32 Å². The molecule has 1 saturated heterocycles. The SMILES string of the molecule is CC(C)c1ccccc1OCCC1NC(C(=O)O)CS1. The van der Waals surface area contributed by atoms with E-state index in [9.17, 15) is 4.79 Å². The zero-order valence-corrected chi connectivity index (χ0v) is 12.7. The average molecular weight is 295 g/mol. The number of carbonyl (C=O) groups is 1. The lowest BCUT2D eigenvalue weighted by Crippen LogP contribution is -2.37. The molecule has 2 atom stereocenters. The lowest BCUT2D eigenvalue weighted by molar-refractivity contribution is -0.138. The molecule has 2 unspecified atom stereocenters. The van der Waals surface area contributed by atoms with Gasteiger partial charge in [0.05, 0.1) is 12.0 Å². The lowest BCUT2D eigenvalue weighted by Gasteiger charge is -2.15. The van der Waals surface area contributed by atoms with Gasteiger partial charge in [-0.2, -0.15) is 0 Å². The van der Waals surface area contributed by atoms with E-state index in [-0.39, 0.29) is 5.37 Å². The molecule has 110 valence electrons. The van der Waals surface area contributed by atoms with Crippen LogP contribution in [0.5, 0.6) is 5.75 Å². The van der Waals surface area contributed by atoms with Crippen molar-refractivity contribution in [2.24, 2.45) is 0 Å². The number of thioether (sulfide) groups is 1. The van der Waals surface area contributed by atoms with Crippen LogP contribution in [0.4, 0.5) is 0 Å². The molecule has 4 nitrogen and oxygen atoms in total. The maximum atomic E-state index is 10.9. The molecule has 2 N–H and O–H groups in total. The molecule has 0 bridgehead atoms. The third-order valence-electron chi connectivity index (χ3n) is 3.33. The third-order valence-corrected chi connectivity index (χ3v) is 4.63. The fourth-order valence-electron chi connectivity index (χ4n) is 2.21. The van der Waals surface area contributed by atoms with Crippen LogP contribution in [0, 0.1) is 0 Å². The first-order chi connectivity index (χ1) is 9.58. The van der Waals surface area contributed by atoms with E-state index >= 15 is 0 Å². The molecule has 0 amide bonds. The van der Waals surface area contributed by atoms with Gasteiger partial charge in [-0.05, 0) is 17.5 Å². The van der Waals surface area contributed by atoms with Gasteiger partial charge in [0, 0.05) is 12.2 Å². The summed E-state index contributed by atoms with van der Waals surface area (Å²) in [5, 5.41) is 12.2. The maximum Gasteiger partial charge on any atom is 0.321 e. The molecule has 20 heavy (non-hydrogen) atoms. The largest absolute Gasteiger partial charge is 0.493 e. The first-order valence-corrected chi connectivity index (χ1v) is 7.95. The van der Waals surface area contributed by atoms with E-state index < -0.39 is 12.0 Å². The predicted octanol–water partition coefficient (Wildman–Crippen LogP) is 2.69. The van der Waals surface area contributed by atoms with E-state index in [4.69, 9.17) is 9.84 Å². The normalized spacial score (nSPS) is 22.1. The number of nitrogens with one attached hydrogen (secondary N) is 1. The van der Waals surface area contributed by atoms with E-state index in [1.54, 1.807) is 11.8 Å². The van der Waals surface area contributed by atoms with E-state index in [0.717, 1.165) is 12.2 Å². The van der Waals surface area contributed by atoms with E-state index in [2.05, 4.69) is 25.2 Å². The Kier molecular flexibility index (Phi) is 5.31. The second-order valence-corrected chi connectivity index (χ2v) is 6.44. The van der Waals surface area contributed by atoms with Crippen LogP contribution < -0.4 is 10.1 Å². The molecule has 0 radical (unpaired) electrons. The zero-order chi connectivity index (χ0) is 14.5. The summed E-state index contributed by atoms with van der Waals surface area (Å²) in [6.45, 7) is 4.89. The molecule has 2 rings (SSSR count). The van der Waals surface area contributed by atoms with Crippen LogP contribution in [-0.4, -0.2) is 34.9 Å². The Morgan fingerprint density at radius 2 is 2.25 bits per heavy atom. The van der Waals surface area contributed by atoms with Crippen LogP contribution in [0.2, 0.25) is 0 Å². The predicted molar refractivity (Wildman–Crippen MR) is 81.4 cm³/mol. The molecule has 0 spiro atoms. The molecule has 1 aromatic carbocycles. The van der Waals surface area contributed by atoms with Crippen LogP contribution in [0.1, 0.15) is 31.7 Å². The lowest BCUT2D eigenvalue weighted by atomic mass is 10.0. The average Bonchev–Trinajstić information content (AvgIpc) is 2.88. The molecule has 1 aliphatic rings. The zero-order valence-electron chi connectivity index (χ0n) is 11.8. The highest BCUT2D eigenvalue weighted by Crippen LogP contribution is 2.27. The summed E-state index contributed by atoms with van der Waals surface area (Å²) >= 11 is 1.65. The van der Waals surface area contributed by atoms with E-state index in [1.165, 1.54) is 5.56 Å². The van der Waals surface area contributed by atoms with Gasteiger partial charge in [-0.1, -0.05) is 32.0 Å². The minimum Gasteiger partial charge on any atom is -0.493 e. The van der Waals surface area contributed by atoms with Crippen molar-refractivity contribution in [3.63, 3.8) is 0 Å². The molecule has 5 heteroatoms. The number of benzene rings is 1. The molecule has 1 aliphatic heterocycles. The number of rotatable bonds is 6. The van der Waals surface area contributed by atoms with Crippen LogP contribution >= 0.6 is 11.8 Å². The summed E-state index contributed by atoms with van der Waals surface area (Å²) in [5.41, 5.74) is 1.21. The highest BCUT2D eigenvalue weighted by atomic mass is 32.2. The molecule has 1 heterocycles. The highest BCUT2D eigenvalue weighted by molar-refractivity contribution is 8.00. The minimum atomic E-state index is -0.772. The van der Waals surface area contributed by atoms with Crippen LogP contribution in [-0.2, 0) is 4.79 Å². The van der Waals surface area contributed by atoms with E-state index in [1.807, 2.05) is 18.2 Å². The summed E-state index contributed by atoms with van der Waals surface area (Å²) in [6, 6.07) is 7.65. The Morgan fingerprint density at radius 3 is 2.90 bits per heavy atom. The number of carboxylic acid groups (broad SMARTS) is 1. The third kappa shape index (κ3) is 3.90. The molecule has 0 aromatic heterocycles.